The molecular formula is C34H48N4O. The standard InChI is InChI=1S/C15H18N4O.C8H10.C7H8.2C2H6/c1-11-3-2-4-12(7-11)13-8-14(10-17-9-13)19-15(20)18-6-5-16;1-7-4-3-5-8(2)6-7;1-7-5-3-2-4-6-7;2*1-2/h2-4,7-10H,5-6,16H2,1H3,(H2,18,19,20);3-6H,1-2H3;2-6H,1H3;2*1-2H3. The number of aromatic nitrogens is 1. The Bertz CT molecular complexity index is 1160. The topological polar surface area (TPSA) is 80.0 Å². The minimum atomic E-state index is -0.279. The van der Waals surface area contributed by atoms with E-state index in [4.69, 9.17) is 5.73 Å². The summed E-state index contributed by atoms with van der Waals surface area (Å²) in [6.07, 6.45) is 3.39. The fourth-order valence-corrected chi connectivity index (χ4v) is 3.19. The number of nitrogens with zero attached hydrogens (tertiary/aromatic N) is 1. The van der Waals surface area contributed by atoms with Gasteiger partial charge in [-0.05, 0) is 39.3 Å². The number of amides is 2. The van der Waals surface area contributed by atoms with Gasteiger partial charge in [0.15, 0.2) is 0 Å². The van der Waals surface area contributed by atoms with Gasteiger partial charge < -0.3 is 16.4 Å². The van der Waals surface area contributed by atoms with E-state index < -0.39 is 0 Å². The third-order valence-corrected chi connectivity index (χ3v) is 4.89. The number of rotatable bonds is 4. The van der Waals surface area contributed by atoms with E-state index in [-0.39, 0.29) is 6.03 Å². The number of aryl methyl sites for hydroxylation is 4. The second-order valence-corrected chi connectivity index (χ2v) is 8.31. The Morgan fingerprint density at radius 1 is 0.667 bits per heavy atom. The summed E-state index contributed by atoms with van der Waals surface area (Å²) in [5.41, 5.74) is 13.2. The fourth-order valence-electron chi connectivity index (χ4n) is 3.19. The van der Waals surface area contributed by atoms with Gasteiger partial charge >= 0.3 is 6.03 Å². The maximum Gasteiger partial charge on any atom is 0.319 e. The van der Waals surface area contributed by atoms with Crippen molar-refractivity contribution in [1.82, 2.24) is 10.3 Å². The largest absolute Gasteiger partial charge is 0.337 e. The van der Waals surface area contributed by atoms with E-state index >= 15 is 0 Å². The predicted molar refractivity (Wildman–Crippen MR) is 170 cm³/mol. The first-order valence-electron chi connectivity index (χ1n) is 13.7. The lowest BCUT2D eigenvalue weighted by molar-refractivity contribution is 0.252. The molecule has 1 aromatic heterocycles. The highest BCUT2D eigenvalue weighted by molar-refractivity contribution is 5.89. The monoisotopic (exact) mass is 528 g/mol. The van der Waals surface area contributed by atoms with Crippen LogP contribution in [0, 0.1) is 27.7 Å². The zero-order chi connectivity index (χ0) is 29.5. The molecule has 4 rings (SSSR count). The van der Waals surface area contributed by atoms with Crippen molar-refractivity contribution in [2.24, 2.45) is 5.73 Å². The maximum atomic E-state index is 11.6. The summed E-state index contributed by atoms with van der Waals surface area (Å²) in [7, 11) is 0. The van der Waals surface area contributed by atoms with E-state index in [1.54, 1.807) is 12.4 Å². The Labute approximate surface area is 236 Å². The molecule has 0 saturated heterocycles. The Balaban J connectivity index is 0.000000622. The SMILES string of the molecule is CC.CC.Cc1cccc(-c2cncc(NC(=O)NCCN)c2)c1.Cc1cccc(C)c1.Cc1ccccc1. The van der Waals surface area contributed by atoms with Gasteiger partial charge in [-0.3, -0.25) is 4.98 Å². The number of anilines is 1. The second kappa shape index (κ2) is 22.1. The molecule has 0 radical (unpaired) electrons. The van der Waals surface area contributed by atoms with Crippen molar-refractivity contribution < 1.29 is 4.79 Å². The van der Waals surface area contributed by atoms with Gasteiger partial charge in [0.2, 0.25) is 0 Å². The molecule has 4 aromatic rings. The second-order valence-electron chi connectivity index (χ2n) is 8.31. The zero-order valence-corrected chi connectivity index (χ0v) is 25.1. The molecule has 0 spiro atoms. The highest BCUT2D eigenvalue weighted by Crippen LogP contribution is 2.22. The van der Waals surface area contributed by atoms with Crippen LogP contribution in [-0.2, 0) is 0 Å². The third kappa shape index (κ3) is 16.5. The van der Waals surface area contributed by atoms with Gasteiger partial charge in [0.25, 0.3) is 0 Å². The predicted octanol–water partition coefficient (Wildman–Crippen LogP) is 8.49. The molecule has 0 fully saturated rings. The van der Waals surface area contributed by atoms with E-state index in [1.807, 2.05) is 77.1 Å². The molecule has 0 bridgehead atoms. The van der Waals surface area contributed by atoms with Gasteiger partial charge in [-0.25, -0.2) is 4.79 Å². The van der Waals surface area contributed by atoms with Crippen LogP contribution in [0.15, 0.2) is 97.3 Å². The normalized spacial score (nSPS) is 8.95. The molecule has 0 aliphatic heterocycles. The first-order chi connectivity index (χ1) is 18.9. The van der Waals surface area contributed by atoms with Crippen molar-refractivity contribution in [3.05, 3.63) is 120 Å². The van der Waals surface area contributed by atoms with Crippen LogP contribution < -0.4 is 16.4 Å². The summed E-state index contributed by atoms with van der Waals surface area (Å²) in [5.74, 6) is 0. The zero-order valence-electron chi connectivity index (χ0n) is 25.1. The fraction of sp³-hybridized carbons (Fsp3) is 0.294. The van der Waals surface area contributed by atoms with Gasteiger partial charge in [0.1, 0.15) is 0 Å². The van der Waals surface area contributed by atoms with E-state index in [9.17, 15) is 4.79 Å². The first kappa shape index (κ1) is 35.0. The molecule has 210 valence electrons. The number of nitrogens with one attached hydrogen (secondary N) is 2. The van der Waals surface area contributed by atoms with Crippen LogP contribution in [0.2, 0.25) is 0 Å². The number of pyridine rings is 1. The summed E-state index contributed by atoms with van der Waals surface area (Å²) in [4.78, 5) is 15.7. The minimum Gasteiger partial charge on any atom is -0.337 e. The molecule has 5 heteroatoms. The quantitative estimate of drug-likeness (QED) is 0.248. The lowest BCUT2D eigenvalue weighted by Gasteiger charge is -2.08. The molecule has 0 aliphatic carbocycles. The van der Waals surface area contributed by atoms with Crippen LogP contribution in [0.25, 0.3) is 11.1 Å². The summed E-state index contributed by atoms with van der Waals surface area (Å²) < 4.78 is 0. The van der Waals surface area contributed by atoms with Gasteiger partial charge in [-0.1, -0.05) is 129 Å². The Hall–Kier alpha value is -3.96. The van der Waals surface area contributed by atoms with E-state index in [2.05, 4.69) is 78.9 Å². The number of hydrogen-bond acceptors (Lipinski definition) is 3. The molecule has 0 aliphatic rings. The minimum absolute atomic E-state index is 0.279. The van der Waals surface area contributed by atoms with Crippen molar-refractivity contribution in [2.75, 3.05) is 18.4 Å². The molecule has 0 atom stereocenters. The summed E-state index contributed by atoms with van der Waals surface area (Å²) in [6.45, 7) is 17.2. The van der Waals surface area contributed by atoms with Crippen LogP contribution in [0.1, 0.15) is 49.9 Å². The average Bonchev–Trinajstić information content (AvgIpc) is 2.95. The number of benzene rings is 3. The van der Waals surface area contributed by atoms with E-state index in [1.165, 1.54) is 22.3 Å². The Morgan fingerprint density at radius 3 is 1.67 bits per heavy atom. The summed E-state index contributed by atoms with van der Waals surface area (Å²) in [5, 5.41) is 5.38. The van der Waals surface area contributed by atoms with E-state index in [0.717, 1.165) is 11.1 Å². The third-order valence-electron chi connectivity index (χ3n) is 4.89. The highest BCUT2D eigenvalue weighted by atomic mass is 16.2. The van der Waals surface area contributed by atoms with Crippen LogP contribution >= 0.6 is 0 Å². The van der Waals surface area contributed by atoms with Crippen LogP contribution in [0.5, 0.6) is 0 Å². The molecule has 5 nitrogen and oxygen atoms in total. The van der Waals surface area contributed by atoms with Gasteiger partial charge in [0, 0.05) is 24.8 Å². The number of hydrogen-bond donors (Lipinski definition) is 3. The molecule has 39 heavy (non-hydrogen) atoms. The Kier molecular flexibility index (Phi) is 19.8. The maximum absolute atomic E-state index is 11.6. The van der Waals surface area contributed by atoms with Crippen molar-refractivity contribution in [3.63, 3.8) is 0 Å². The van der Waals surface area contributed by atoms with Crippen molar-refractivity contribution in [3.8, 4) is 11.1 Å². The molecule has 2 amide bonds. The van der Waals surface area contributed by atoms with Crippen LogP contribution in [0.4, 0.5) is 10.5 Å². The van der Waals surface area contributed by atoms with Crippen LogP contribution in [-0.4, -0.2) is 24.1 Å². The smallest absolute Gasteiger partial charge is 0.319 e. The van der Waals surface area contributed by atoms with Crippen LogP contribution in [0.3, 0.4) is 0 Å². The molecule has 3 aromatic carbocycles. The Morgan fingerprint density at radius 2 is 1.21 bits per heavy atom. The lowest BCUT2D eigenvalue weighted by Crippen LogP contribution is -2.32. The van der Waals surface area contributed by atoms with Gasteiger partial charge in [-0.2, -0.15) is 0 Å². The van der Waals surface area contributed by atoms with E-state index in [0.29, 0.717) is 18.8 Å². The number of carbonyl (C=O) groups excluding carboxylic acids is 1. The van der Waals surface area contributed by atoms with Crippen molar-refractivity contribution in [1.29, 1.82) is 0 Å². The average molecular weight is 529 g/mol. The lowest BCUT2D eigenvalue weighted by atomic mass is 10.1. The molecular weight excluding hydrogens is 480 g/mol. The number of carbonyl (C=O) groups is 1. The first-order valence-corrected chi connectivity index (χ1v) is 13.7. The molecule has 0 saturated carbocycles. The molecule has 0 unspecified atom stereocenters. The molecule has 1 heterocycles. The summed E-state index contributed by atoms with van der Waals surface area (Å²) in [6, 6.07) is 28.5. The van der Waals surface area contributed by atoms with Gasteiger partial charge in [0.05, 0.1) is 11.9 Å². The van der Waals surface area contributed by atoms with Gasteiger partial charge in [-0.15, -0.1) is 0 Å². The highest BCUT2D eigenvalue weighted by Gasteiger charge is 2.04. The van der Waals surface area contributed by atoms with Crippen molar-refractivity contribution in [2.45, 2.75) is 55.4 Å². The molecule has 4 N–H and O–H groups in total. The summed E-state index contributed by atoms with van der Waals surface area (Å²) >= 11 is 0. The van der Waals surface area contributed by atoms with Crippen molar-refractivity contribution >= 4 is 11.7 Å². The number of nitrogens with two attached hydrogens (primary N) is 1. The number of urea groups is 1.